The lowest BCUT2D eigenvalue weighted by atomic mass is 10.1. The van der Waals surface area contributed by atoms with E-state index in [1.165, 1.54) is 0 Å². The van der Waals surface area contributed by atoms with Gasteiger partial charge in [0.1, 0.15) is 10.7 Å². The van der Waals surface area contributed by atoms with Crippen molar-refractivity contribution in [2.45, 2.75) is 35.1 Å². The van der Waals surface area contributed by atoms with Crippen molar-refractivity contribution in [1.82, 2.24) is 4.72 Å². The molecule has 0 saturated heterocycles. The Morgan fingerprint density at radius 3 is 2.50 bits per heavy atom. The minimum Gasteiger partial charge on any atom is -0.330 e. The topological polar surface area (TPSA) is 106 Å². The third kappa shape index (κ3) is 3.65. The predicted molar refractivity (Wildman–Crippen MR) is 80.0 cm³/mol. The van der Waals surface area contributed by atoms with Gasteiger partial charge in [-0.05, 0) is 43.5 Å². The van der Waals surface area contributed by atoms with Crippen LogP contribution < -0.4 is 10.5 Å². The molecule has 9 heteroatoms. The largest absolute Gasteiger partial charge is 0.330 e. The summed E-state index contributed by atoms with van der Waals surface area (Å²) in [7, 11) is -7.65. The Hall–Kier alpha value is -1.03. The van der Waals surface area contributed by atoms with Crippen molar-refractivity contribution < 1.29 is 21.2 Å². The first-order valence-corrected chi connectivity index (χ1v) is 10.2. The van der Waals surface area contributed by atoms with E-state index in [0.29, 0.717) is 13.0 Å². The molecule has 1 aliphatic rings. The van der Waals surface area contributed by atoms with E-state index in [1.807, 2.05) is 0 Å². The predicted octanol–water partition coefficient (Wildman–Crippen LogP) is 0.635. The first-order chi connectivity index (χ1) is 10.1. The van der Waals surface area contributed by atoms with Gasteiger partial charge >= 0.3 is 0 Å². The van der Waals surface area contributed by atoms with E-state index < -0.39 is 30.6 Å². The minimum atomic E-state index is -3.91. The third-order valence-electron chi connectivity index (χ3n) is 3.88. The number of hydrogen-bond acceptors (Lipinski definition) is 5. The van der Waals surface area contributed by atoms with Gasteiger partial charge < -0.3 is 5.73 Å². The van der Waals surface area contributed by atoms with E-state index in [0.717, 1.165) is 37.3 Å². The van der Waals surface area contributed by atoms with Crippen molar-refractivity contribution >= 4 is 19.9 Å². The zero-order valence-electron chi connectivity index (χ0n) is 12.1. The Kier molecular flexibility index (Phi) is 4.90. The summed E-state index contributed by atoms with van der Waals surface area (Å²) in [6.07, 6.45) is 3.29. The highest BCUT2D eigenvalue weighted by atomic mass is 32.2. The van der Waals surface area contributed by atoms with Crippen molar-refractivity contribution in [2.75, 3.05) is 12.8 Å². The molecule has 0 spiro atoms. The lowest BCUT2D eigenvalue weighted by Crippen LogP contribution is -2.39. The van der Waals surface area contributed by atoms with Crippen LogP contribution in [0.3, 0.4) is 0 Å². The Morgan fingerprint density at radius 2 is 1.95 bits per heavy atom. The van der Waals surface area contributed by atoms with E-state index in [9.17, 15) is 21.2 Å². The maximum atomic E-state index is 13.8. The maximum Gasteiger partial charge on any atom is 0.240 e. The van der Waals surface area contributed by atoms with Gasteiger partial charge in [0.25, 0.3) is 0 Å². The summed E-state index contributed by atoms with van der Waals surface area (Å²) in [5.74, 6) is -1.01. The zero-order valence-corrected chi connectivity index (χ0v) is 13.8. The Morgan fingerprint density at radius 1 is 1.27 bits per heavy atom. The molecule has 0 aromatic heterocycles. The summed E-state index contributed by atoms with van der Waals surface area (Å²) in [6, 6.07) is 2.51. The van der Waals surface area contributed by atoms with Crippen LogP contribution in [0.15, 0.2) is 28.0 Å². The molecule has 1 aromatic rings. The average molecular weight is 350 g/mol. The zero-order chi connectivity index (χ0) is 16.5. The van der Waals surface area contributed by atoms with Crippen molar-refractivity contribution in [1.29, 1.82) is 0 Å². The second-order valence-electron chi connectivity index (χ2n) is 5.52. The molecule has 0 radical (unpaired) electrons. The number of sulfonamides is 1. The molecule has 22 heavy (non-hydrogen) atoms. The fraction of sp³-hybridized carbons (Fsp3) is 0.538. The third-order valence-corrected chi connectivity index (χ3v) is 6.50. The Balaban J connectivity index is 2.29. The highest BCUT2D eigenvalue weighted by Crippen LogP contribution is 2.27. The van der Waals surface area contributed by atoms with Gasteiger partial charge in [0.15, 0.2) is 9.84 Å². The smallest absolute Gasteiger partial charge is 0.240 e. The van der Waals surface area contributed by atoms with Crippen LogP contribution in [0, 0.1) is 11.7 Å². The lowest BCUT2D eigenvalue weighted by Gasteiger charge is -2.19. The number of benzene rings is 1. The van der Waals surface area contributed by atoms with E-state index in [4.69, 9.17) is 5.73 Å². The van der Waals surface area contributed by atoms with Crippen LogP contribution in [0.5, 0.6) is 0 Å². The molecule has 0 bridgehead atoms. The summed E-state index contributed by atoms with van der Waals surface area (Å²) in [5.41, 5.74) is 5.61. The van der Waals surface area contributed by atoms with Crippen LogP contribution in [-0.4, -0.2) is 35.7 Å². The Labute approximate surface area is 129 Å². The first-order valence-electron chi connectivity index (χ1n) is 6.87. The molecule has 6 nitrogen and oxygen atoms in total. The fourth-order valence-electron chi connectivity index (χ4n) is 2.69. The highest BCUT2D eigenvalue weighted by Gasteiger charge is 2.30. The fourth-order valence-corrected chi connectivity index (χ4v) is 4.77. The molecule has 0 amide bonds. The molecule has 2 atom stereocenters. The molecule has 1 saturated carbocycles. The summed E-state index contributed by atoms with van der Waals surface area (Å²) >= 11 is 0. The number of sulfone groups is 1. The molecule has 1 fully saturated rings. The molecule has 2 rings (SSSR count). The quantitative estimate of drug-likeness (QED) is 0.810. The monoisotopic (exact) mass is 350 g/mol. The van der Waals surface area contributed by atoms with Gasteiger partial charge in [-0.1, -0.05) is 6.42 Å². The summed E-state index contributed by atoms with van der Waals surface area (Å²) in [5, 5.41) is 0. The van der Waals surface area contributed by atoms with Crippen LogP contribution in [0.4, 0.5) is 4.39 Å². The van der Waals surface area contributed by atoms with Crippen LogP contribution in [0.25, 0.3) is 0 Å². The lowest BCUT2D eigenvalue weighted by molar-refractivity contribution is 0.452. The van der Waals surface area contributed by atoms with Crippen molar-refractivity contribution in [2.24, 2.45) is 11.7 Å². The van der Waals surface area contributed by atoms with Gasteiger partial charge in [0, 0.05) is 12.3 Å². The van der Waals surface area contributed by atoms with Crippen LogP contribution in [0.1, 0.15) is 19.3 Å². The summed E-state index contributed by atoms with van der Waals surface area (Å²) in [4.78, 5) is -0.813. The molecule has 1 aliphatic carbocycles. The highest BCUT2D eigenvalue weighted by molar-refractivity contribution is 7.90. The SMILES string of the molecule is CS(=O)(=O)c1ccc(S(=O)(=O)N[C@H]2CCC[C@H]2CN)cc1F. The number of rotatable bonds is 5. The summed E-state index contributed by atoms with van der Waals surface area (Å²) in [6.45, 7) is 0.383. The molecule has 0 aliphatic heterocycles. The molecule has 124 valence electrons. The van der Waals surface area contributed by atoms with Crippen molar-refractivity contribution in [3.8, 4) is 0 Å². The number of halogens is 1. The van der Waals surface area contributed by atoms with Crippen LogP contribution in [-0.2, 0) is 19.9 Å². The van der Waals surface area contributed by atoms with Gasteiger partial charge in [-0.25, -0.2) is 25.9 Å². The molecule has 0 unspecified atom stereocenters. The van der Waals surface area contributed by atoms with Gasteiger partial charge in [-0.2, -0.15) is 0 Å². The first kappa shape index (κ1) is 17.3. The van der Waals surface area contributed by atoms with Crippen molar-refractivity contribution in [3.63, 3.8) is 0 Å². The van der Waals surface area contributed by atoms with Crippen molar-refractivity contribution in [3.05, 3.63) is 24.0 Å². The minimum absolute atomic E-state index is 0.0647. The molecular weight excluding hydrogens is 331 g/mol. The van der Waals surface area contributed by atoms with Gasteiger partial charge in [-0.15, -0.1) is 0 Å². The van der Waals surface area contributed by atoms with E-state index >= 15 is 0 Å². The van der Waals surface area contributed by atoms with E-state index in [2.05, 4.69) is 4.72 Å². The van der Waals surface area contributed by atoms with Gasteiger partial charge in [-0.3, -0.25) is 0 Å². The molecule has 0 heterocycles. The van der Waals surface area contributed by atoms with Crippen LogP contribution >= 0.6 is 0 Å². The molecule has 1 aromatic carbocycles. The number of hydrogen-bond donors (Lipinski definition) is 2. The van der Waals surface area contributed by atoms with Crippen LogP contribution in [0.2, 0.25) is 0 Å². The normalized spacial score (nSPS) is 22.9. The Bertz CT molecular complexity index is 762. The maximum absolute atomic E-state index is 13.8. The standard InChI is InChI=1S/C13H19FN2O4S2/c1-21(17,18)13-6-5-10(7-11(13)14)22(19,20)16-12-4-2-3-9(12)8-15/h5-7,9,12,16H,2-4,8,15H2,1H3/t9-,12-/m0/s1. The van der Waals surface area contributed by atoms with E-state index in [1.54, 1.807) is 0 Å². The van der Waals surface area contributed by atoms with Gasteiger partial charge in [0.2, 0.25) is 10.0 Å². The number of nitrogens with two attached hydrogens (primary N) is 1. The van der Waals surface area contributed by atoms with E-state index in [-0.39, 0.29) is 16.9 Å². The second-order valence-corrected chi connectivity index (χ2v) is 9.22. The second kappa shape index (κ2) is 6.23. The molecular formula is C13H19FN2O4S2. The summed E-state index contributed by atoms with van der Waals surface area (Å²) < 4.78 is 63.7. The average Bonchev–Trinajstić information content (AvgIpc) is 2.83. The number of nitrogens with one attached hydrogen (secondary N) is 1. The molecule has 3 N–H and O–H groups in total. The van der Waals surface area contributed by atoms with Gasteiger partial charge in [0.05, 0.1) is 4.90 Å².